The van der Waals surface area contributed by atoms with Gasteiger partial charge in [0, 0.05) is 17.6 Å². The average molecular weight is 341 g/mol. The van der Waals surface area contributed by atoms with Crippen LogP contribution < -0.4 is 10.2 Å². The zero-order chi connectivity index (χ0) is 17.8. The highest BCUT2D eigenvalue weighted by Gasteiger charge is 2.34. The van der Waals surface area contributed by atoms with Crippen LogP contribution in [-0.2, 0) is 9.59 Å². The van der Waals surface area contributed by atoms with Crippen LogP contribution in [0.2, 0.25) is 0 Å². The number of aliphatic hydroxyl groups excluding tert-OH is 1. The van der Waals surface area contributed by atoms with Crippen molar-refractivity contribution in [1.82, 2.24) is 10.3 Å². The molecule has 0 bridgehead atoms. The molecular formula is C16H27N3O3S. The number of thiazole rings is 1. The van der Waals surface area contributed by atoms with Gasteiger partial charge in [-0.1, -0.05) is 27.7 Å². The van der Waals surface area contributed by atoms with E-state index in [1.807, 2.05) is 20.8 Å². The van der Waals surface area contributed by atoms with Crippen LogP contribution >= 0.6 is 11.3 Å². The number of hydrogen-bond donors (Lipinski definition) is 2. The van der Waals surface area contributed by atoms with E-state index in [2.05, 4.69) is 10.3 Å². The number of carbonyl (C=O) groups excluding carboxylic acids is 2. The van der Waals surface area contributed by atoms with Gasteiger partial charge in [-0.15, -0.1) is 11.3 Å². The second-order valence-electron chi connectivity index (χ2n) is 6.85. The Hall–Kier alpha value is -1.47. The number of aliphatic hydroxyl groups is 1. The van der Waals surface area contributed by atoms with E-state index in [1.54, 1.807) is 37.2 Å². The highest BCUT2D eigenvalue weighted by atomic mass is 32.1. The van der Waals surface area contributed by atoms with Crippen molar-refractivity contribution in [2.75, 3.05) is 4.90 Å². The van der Waals surface area contributed by atoms with Crippen LogP contribution in [0.25, 0.3) is 0 Å². The van der Waals surface area contributed by atoms with Gasteiger partial charge in [0.2, 0.25) is 5.91 Å². The first-order valence-corrected chi connectivity index (χ1v) is 8.68. The molecule has 0 aromatic carbocycles. The van der Waals surface area contributed by atoms with Gasteiger partial charge in [0.05, 0.1) is 0 Å². The predicted molar refractivity (Wildman–Crippen MR) is 92.4 cm³/mol. The second kappa shape index (κ2) is 7.88. The molecule has 23 heavy (non-hydrogen) atoms. The molecule has 2 unspecified atom stereocenters. The van der Waals surface area contributed by atoms with Crippen molar-refractivity contribution in [2.24, 2.45) is 5.41 Å². The number of anilines is 1. The first-order valence-electron chi connectivity index (χ1n) is 7.80. The minimum Gasteiger partial charge on any atom is -0.383 e. The molecule has 130 valence electrons. The van der Waals surface area contributed by atoms with Gasteiger partial charge >= 0.3 is 0 Å². The molecule has 0 aliphatic rings. The van der Waals surface area contributed by atoms with Crippen molar-refractivity contribution < 1.29 is 14.7 Å². The van der Waals surface area contributed by atoms with Crippen LogP contribution in [-0.4, -0.2) is 40.1 Å². The SMILES string of the molecule is CCC(NC(=O)C(O)C(C)(C)C)C(=O)N(c1nccs1)C(C)C. The summed E-state index contributed by atoms with van der Waals surface area (Å²) in [5.74, 6) is -0.743. The lowest BCUT2D eigenvalue weighted by Gasteiger charge is -2.30. The number of nitrogens with zero attached hydrogens (tertiary/aromatic N) is 2. The van der Waals surface area contributed by atoms with Gasteiger partial charge in [-0.2, -0.15) is 0 Å². The van der Waals surface area contributed by atoms with Crippen molar-refractivity contribution in [3.63, 3.8) is 0 Å². The first kappa shape index (κ1) is 19.6. The van der Waals surface area contributed by atoms with Crippen LogP contribution in [0.3, 0.4) is 0 Å². The number of aromatic nitrogens is 1. The molecule has 0 spiro atoms. The number of carbonyl (C=O) groups is 2. The Morgan fingerprint density at radius 2 is 2.00 bits per heavy atom. The Morgan fingerprint density at radius 1 is 1.39 bits per heavy atom. The summed E-state index contributed by atoms with van der Waals surface area (Å²) in [4.78, 5) is 30.8. The summed E-state index contributed by atoms with van der Waals surface area (Å²) >= 11 is 1.38. The normalized spacial score (nSPS) is 14.4. The van der Waals surface area contributed by atoms with Crippen LogP contribution in [0.5, 0.6) is 0 Å². The Morgan fingerprint density at radius 3 is 2.39 bits per heavy atom. The smallest absolute Gasteiger partial charge is 0.251 e. The fraction of sp³-hybridized carbons (Fsp3) is 0.688. The highest BCUT2D eigenvalue weighted by Crippen LogP contribution is 2.22. The van der Waals surface area contributed by atoms with E-state index in [4.69, 9.17) is 0 Å². The molecule has 2 atom stereocenters. The van der Waals surface area contributed by atoms with Crippen LogP contribution in [0.15, 0.2) is 11.6 Å². The molecule has 1 aromatic rings. The molecule has 0 aliphatic heterocycles. The minimum atomic E-state index is -1.17. The number of amides is 2. The summed E-state index contributed by atoms with van der Waals surface area (Å²) in [6.45, 7) is 10.9. The molecule has 0 saturated heterocycles. The molecule has 1 heterocycles. The fourth-order valence-corrected chi connectivity index (χ4v) is 2.83. The Kier molecular flexibility index (Phi) is 6.70. The molecule has 0 fully saturated rings. The fourth-order valence-electron chi connectivity index (χ4n) is 2.05. The van der Waals surface area contributed by atoms with Gasteiger partial charge in [-0.25, -0.2) is 4.98 Å². The molecule has 2 amide bonds. The van der Waals surface area contributed by atoms with Crippen LogP contribution in [0, 0.1) is 5.41 Å². The topological polar surface area (TPSA) is 82.5 Å². The number of rotatable bonds is 6. The predicted octanol–water partition coefficient (Wildman–Crippen LogP) is 2.19. The Balaban J connectivity index is 2.91. The zero-order valence-corrected chi connectivity index (χ0v) is 15.5. The molecule has 0 aliphatic carbocycles. The van der Waals surface area contributed by atoms with Crippen LogP contribution in [0.4, 0.5) is 5.13 Å². The number of hydrogen-bond acceptors (Lipinski definition) is 5. The Labute approximate surface area is 141 Å². The molecule has 6 nitrogen and oxygen atoms in total. The minimum absolute atomic E-state index is 0.0767. The van der Waals surface area contributed by atoms with E-state index in [1.165, 1.54) is 11.3 Å². The maximum Gasteiger partial charge on any atom is 0.251 e. The highest BCUT2D eigenvalue weighted by molar-refractivity contribution is 7.13. The summed E-state index contributed by atoms with van der Waals surface area (Å²) in [5.41, 5.74) is -0.585. The molecule has 1 aromatic heterocycles. The summed E-state index contributed by atoms with van der Waals surface area (Å²) in [5, 5.41) is 15.1. The third-order valence-corrected chi connectivity index (χ3v) is 4.24. The zero-order valence-electron chi connectivity index (χ0n) is 14.7. The van der Waals surface area contributed by atoms with E-state index in [0.717, 1.165) is 0 Å². The molecule has 0 radical (unpaired) electrons. The quantitative estimate of drug-likeness (QED) is 0.831. The molecule has 0 saturated carbocycles. The lowest BCUT2D eigenvalue weighted by Crippen LogP contribution is -2.54. The van der Waals surface area contributed by atoms with Crippen molar-refractivity contribution in [1.29, 1.82) is 0 Å². The van der Waals surface area contributed by atoms with E-state index in [0.29, 0.717) is 11.6 Å². The van der Waals surface area contributed by atoms with Crippen molar-refractivity contribution >= 4 is 28.3 Å². The lowest BCUT2D eigenvalue weighted by molar-refractivity contribution is -0.137. The van der Waals surface area contributed by atoms with E-state index < -0.39 is 23.5 Å². The van der Waals surface area contributed by atoms with Crippen molar-refractivity contribution in [3.05, 3.63) is 11.6 Å². The summed E-state index contributed by atoms with van der Waals surface area (Å²) in [6, 6.07) is -0.766. The maximum atomic E-state index is 12.8. The maximum absolute atomic E-state index is 12.8. The monoisotopic (exact) mass is 341 g/mol. The first-order chi connectivity index (χ1) is 10.6. The number of nitrogens with one attached hydrogen (secondary N) is 1. The van der Waals surface area contributed by atoms with Gasteiger partial charge < -0.3 is 10.4 Å². The summed E-state index contributed by atoms with van der Waals surface area (Å²) in [6.07, 6.45) is 0.915. The summed E-state index contributed by atoms with van der Waals surface area (Å²) < 4.78 is 0. The molecular weight excluding hydrogens is 314 g/mol. The van der Waals surface area contributed by atoms with Gasteiger partial charge in [0.25, 0.3) is 5.91 Å². The van der Waals surface area contributed by atoms with Gasteiger partial charge in [-0.3, -0.25) is 14.5 Å². The van der Waals surface area contributed by atoms with E-state index in [9.17, 15) is 14.7 Å². The molecule has 1 rings (SSSR count). The standard InChI is InChI=1S/C16H27N3O3S/c1-7-11(18-13(21)12(20)16(4,5)6)14(22)19(10(2)3)15-17-8-9-23-15/h8-12,20H,7H2,1-6H3,(H,18,21). The average Bonchev–Trinajstić information content (AvgIpc) is 2.95. The molecule has 2 N–H and O–H groups in total. The van der Waals surface area contributed by atoms with Gasteiger partial charge in [0.1, 0.15) is 12.1 Å². The van der Waals surface area contributed by atoms with Crippen molar-refractivity contribution in [2.45, 2.75) is 66.2 Å². The second-order valence-corrected chi connectivity index (χ2v) is 7.73. The molecule has 7 heteroatoms. The van der Waals surface area contributed by atoms with Crippen LogP contribution in [0.1, 0.15) is 48.0 Å². The van der Waals surface area contributed by atoms with Gasteiger partial charge in [-0.05, 0) is 25.7 Å². The van der Waals surface area contributed by atoms with E-state index >= 15 is 0 Å². The largest absolute Gasteiger partial charge is 0.383 e. The third-order valence-electron chi connectivity index (χ3n) is 3.47. The lowest BCUT2D eigenvalue weighted by atomic mass is 9.88. The van der Waals surface area contributed by atoms with Crippen molar-refractivity contribution in [3.8, 4) is 0 Å². The van der Waals surface area contributed by atoms with E-state index in [-0.39, 0.29) is 11.9 Å². The third kappa shape index (κ3) is 5.00. The Bertz CT molecular complexity index is 523. The van der Waals surface area contributed by atoms with Gasteiger partial charge in [0.15, 0.2) is 5.13 Å². The summed E-state index contributed by atoms with van der Waals surface area (Å²) in [7, 11) is 0.